The Balaban J connectivity index is 1.98. The molecule has 6 heteroatoms. The molecular weight excluding hydrogens is 204 g/mol. The minimum absolute atomic E-state index is 0.0392. The molecular formula is C9H10O6. The number of hydrogen-bond donors (Lipinski definition) is 0. The molecule has 0 bridgehead atoms. The lowest BCUT2D eigenvalue weighted by atomic mass is 10.1. The van der Waals surface area contributed by atoms with Gasteiger partial charge in [0.15, 0.2) is 18.3 Å². The Bertz CT molecular complexity index is 310. The number of esters is 1. The fourth-order valence-corrected chi connectivity index (χ4v) is 1.46. The fourth-order valence-electron chi connectivity index (χ4n) is 1.46. The van der Waals surface area contributed by atoms with Gasteiger partial charge in [0.2, 0.25) is 0 Å². The van der Waals surface area contributed by atoms with Crippen LogP contribution in [0.25, 0.3) is 0 Å². The summed E-state index contributed by atoms with van der Waals surface area (Å²) in [6.07, 6.45) is 0.772. The van der Waals surface area contributed by atoms with Gasteiger partial charge in [-0.15, -0.1) is 0 Å². The third-order valence-corrected chi connectivity index (χ3v) is 2.13. The predicted octanol–water partition coefficient (Wildman–Crippen LogP) is 0.366. The monoisotopic (exact) mass is 214 g/mol. The average molecular weight is 214 g/mol. The van der Waals surface area contributed by atoms with Crippen molar-refractivity contribution < 1.29 is 28.5 Å². The van der Waals surface area contributed by atoms with Crippen molar-refractivity contribution in [1.82, 2.24) is 0 Å². The first-order valence-electron chi connectivity index (χ1n) is 4.49. The maximum absolute atomic E-state index is 10.9. The van der Waals surface area contributed by atoms with Gasteiger partial charge in [-0.3, -0.25) is 4.79 Å². The Hall–Kier alpha value is -1.72. The first-order valence-corrected chi connectivity index (χ1v) is 4.49. The standard InChI is InChI=1S/C9H10O6/c1-5(10)13-4-7-8-6(2-3-12-7)14-9(11)15-8/h2-3,6-8H,4H2,1H3. The smallest absolute Gasteiger partial charge is 0.491 e. The van der Waals surface area contributed by atoms with Crippen molar-refractivity contribution in [3.63, 3.8) is 0 Å². The zero-order valence-electron chi connectivity index (χ0n) is 8.04. The Morgan fingerprint density at radius 3 is 3.07 bits per heavy atom. The molecule has 3 atom stereocenters. The summed E-state index contributed by atoms with van der Waals surface area (Å²) in [5.74, 6) is -0.407. The number of hydrogen-bond acceptors (Lipinski definition) is 6. The van der Waals surface area contributed by atoms with Crippen molar-refractivity contribution in [3.8, 4) is 0 Å². The van der Waals surface area contributed by atoms with E-state index in [4.69, 9.17) is 18.9 Å². The second-order valence-electron chi connectivity index (χ2n) is 3.22. The summed E-state index contributed by atoms with van der Waals surface area (Å²) in [6.45, 7) is 1.34. The molecule has 2 heterocycles. The van der Waals surface area contributed by atoms with Crippen LogP contribution in [0.2, 0.25) is 0 Å². The Morgan fingerprint density at radius 2 is 2.33 bits per heavy atom. The molecule has 0 saturated carbocycles. The van der Waals surface area contributed by atoms with Gasteiger partial charge in [0.1, 0.15) is 6.61 Å². The summed E-state index contributed by atoms with van der Waals surface area (Å²) < 4.78 is 19.7. The number of ether oxygens (including phenoxy) is 4. The van der Waals surface area contributed by atoms with Gasteiger partial charge in [-0.25, -0.2) is 4.79 Å². The second-order valence-corrected chi connectivity index (χ2v) is 3.22. The van der Waals surface area contributed by atoms with Crippen LogP contribution in [0.3, 0.4) is 0 Å². The van der Waals surface area contributed by atoms with Gasteiger partial charge in [0.05, 0.1) is 6.26 Å². The van der Waals surface area contributed by atoms with Gasteiger partial charge in [0, 0.05) is 6.92 Å². The van der Waals surface area contributed by atoms with E-state index < -0.39 is 30.4 Å². The SMILES string of the molecule is CC(=O)OCC1OC=CC2OC(=O)OC21. The van der Waals surface area contributed by atoms with Gasteiger partial charge in [-0.05, 0) is 6.08 Å². The van der Waals surface area contributed by atoms with E-state index in [2.05, 4.69) is 0 Å². The van der Waals surface area contributed by atoms with Crippen molar-refractivity contribution >= 4 is 12.1 Å². The maximum atomic E-state index is 10.9. The lowest BCUT2D eigenvalue weighted by Gasteiger charge is -2.25. The molecule has 0 aliphatic carbocycles. The van der Waals surface area contributed by atoms with Gasteiger partial charge in [0.25, 0.3) is 0 Å². The largest absolute Gasteiger partial charge is 0.509 e. The van der Waals surface area contributed by atoms with E-state index in [0.29, 0.717) is 0 Å². The van der Waals surface area contributed by atoms with Crippen LogP contribution in [0.4, 0.5) is 4.79 Å². The van der Waals surface area contributed by atoms with E-state index in [0.717, 1.165) is 0 Å². The Kier molecular flexibility index (Phi) is 2.49. The summed E-state index contributed by atoms with van der Waals surface area (Å²) in [6, 6.07) is 0. The number of fused-ring (bicyclic) bond motifs is 1. The molecule has 0 amide bonds. The highest BCUT2D eigenvalue weighted by molar-refractivity contribution is 5.66. The number of rotatable bonds is 2. The third-order valence-electron chi connectivity index (χ3n) is 2.13. The zero-order chi connectivity index (χ0) is 10.8. The Labute approximate surface area is 85.7 Å². The van der Waals surface area contributed by atoms with Gasteiger partial charge >= 0.3 is 12.1 Å². The van der Waals surface area contributed by atoms with E-state index >= 15 is 0 Å². The van der Waals surface area contributed by atoms with Crippen molar-refractivity contribution in [2.45, 2.75) is 25.2 Å². The third kappa shape index (κ3) is 2.03. The van der Waals surface area contributed by atoms with E-state index in [1.54, 1.807) is 6.08 Å². The van der Waals surface area contributed by atoms with Crippen LogP contribution in [-0.4, -0.2) is 37.0 Å². The molecule has 15 heavy (non-hydrogen) atoms. The van der Waals surface area contributed by atoms with Crippen molar-refractivity contribution in [2.24, 2.45) is 0 Å². The summed E-state index contributed by atoms with van der Waals surface area (Å²) in [7, 11) is 0. The highest BCUT2D eigenvalue weighted by Crippen LogP contribution is 2.25. The van der Waals surface area contributed by atoms with Crippen molar-refractivity contribution in [3.05, 3.63) is 12.3 Å². The second kappa shape index (κ2) is 3.80. The molecule has 1 fully saturated rings. The van der Waals surface area contributed by atoms with Gasteiger partial charge in [-0.2, -0.15) is 0 Å². The van der Waals surface area contributed by atoms with E-state index in [1.165, 1.54) is 13.2 Å². The molecule has 82 valence electrons. The molecule has 2 aliphatic rings. The van der Waals surface area contributed by atoms with Gasteiger partial charge < -0.3 is 18.9 Å². The van der Waals surface area contributed by atoms with Crippen LogP contribution < -0.4 is 0 Å². The molecule has 1 saturated heterocycles. The molecule has 0 N–H and O–H groups in total. The lowest BCUT2D eigenvalue weighted by Crippen LogP contribution is -2.41. The zero-order valence-corrected chi connectivity index (χ0v) is 8.04. The molecule has 0 radical (unpaired) electrons. The lowest BCUT2D eigenvalue weighted by molar-refractivity contribution is -0.146. The number of carbonyl (C=O) groups is 2. The summed E-state index contributed by atoms with van der Waals surface area (Å²) in [4.78, 5) is 21.5. The summed E-state index contributed by atoms with van der Waals surface area (Å²) in [5.41, 5.74) is 0. The normalized spacial score (nSPS) is 32.3. The highest BCUT2D eigenvalue weighted by Gasteiger charge is 2.44. The molecule has 0 aromatic heterocycles. The molecule has 0 aromatic carbocycles. The molecule has 0 spiro atoms. The summed E-state index contributed by atoms with van der Waals surface area (Å²) in [5, 5.41) is 0. The molecule has 2 aliphatic heterocycles. The minimum Gasteiger partial charge on any atom is -0.491 e. The first-order chi connectivity index (χ1) is 7.16. The van der Waals surface area contributed by atoms with Crippen molar-refractivity contribution in [1.29, 1.82) is 0 Å². The predicted molar refractivity (Wildman–Crippen MR) is 45.8 cm³/mol. The van der Waals surface area contributed by atoms with Crippen LogP contribution in [-0.2, 0) is 23.7 Å². The highest BCUT2D eigenvalue weighted by atomic mass is 16.8. The fraction of sp³-hybridized carbons (Fsp3) is 0.556. The van der Waals surface area contributed by atoms with E-state index in [9.17, 15) is 9.59 Å². The summed E-state index contributed by atoms with van der Waals surface area (Å²) >= 11 is 0. The van der Waals surface area contributed by atoms with Crippen LogP contribution in [0.5, 0.6) is 0 Å². The van der Waals surface area contributed by atoms with E-state index in [1.807, 2.05) is 0 Å². The Morgan fingerprint density at radius 1 is 1.53 bits per heavy atom. The maximum Gasteiger partial charge on any atom is 0.509 e. The van der Waals surface area contributed by atoms with E-state index in [-0.39, 0.29) is 6.61 Å². The molecule has 6 nitrogen and oxygen atoms in total. The topological polar surface area (TPSA) is 71.1 Å². The van der Waals surface area contributed by atoms with Crippen LogP contribution in [0, 0.1) is 0 Å². The average Bonchev–Trinajstić information content (AvgIpc) is 2.55. The molecule has 3 unspecified atom stereocenters. The van der Waals surface area contributed by atoms with Crippen LogP contribution in [0.1, 0.15) is 6.92 Å². The quantitative estimate of drug-likeness (QED) is 0.618. The number of carbonyl (C=O) groups excluding carboxylic acids is 2. The minimum atomic E-state index is -0.729. The first kappa shape index (κ1) is 9.82. The van der Waals surface area contributed by atoms with Crippen molar-refractivity contribution in [2.75, 3.05) is 6.61 Å². The van der Waals surface area contributed by atoms with Crippen LogP contribution >= 0.6 is 0 Å². The molecule has 0 aromatic rings. The van der Waals surface area contributed by atoms with Gasteiger partial charge in [-0.1, -0.05) is 0 Å². The van der Waals surface area contributed by atoms with Crippen LogP contribution in [0.15, 0.2) is 12.3 Å². The molecule has 2 rings (SSSR count).